The minimum atomic E-state index is 0.347. The van der Waals surface area contributed by atoms with Crippen molar-refractivity contribution in [1.82, 2.24) is 10.2 Å². The third-order valence-electron chi connectivity index (χ3n) is 3.05. The molecule has 3 nitrogen and oxygen atoms in total. The van der Waals surface area contributed by atoms with E-state index >= 15 is 0 Å². The number of nitrogens with two attached hydrogens (primary N) is 1. The minimum absolute atomic E-state index is 0.347. The van der Waals surface area contributed by atoms with Crippen LogP contribution < -0.4 is 11.1 Å². The molecule has 1 fully saturated rings. The van der Waals surface area contributed by atoms with Crippen molar-refractivity contribution in [2.45, 2.75) is 6.04 Å². The highest BCUT2D eigenvalue weighted by molar-refractivity contribution is 9.10. The molecule has 2 rings (SSSR count). The molecule has 1 saturated heterocycles. The van der Waals surface area contributed by atoms with Gasteiger partial charge in [-0.3, -0.25) is 4.90 Å². The van der Waals surface area contributed by atoms with Crippen LogP contribution in [0.4, 0.5) is 0 Å². The van der Waals surface area contributed by atoms with E-state index in [1.807, 2.05) is 0 Å². The van der Waals surface area contributed by atoms with Crippen LogP contribution in [0.3, 0.4) is 0 Å². The van der Waals surface area contributed by atoms with E-state index in [4.69, 9.17) is 5.73 Å². The van der Waals surface area contributed by atoms with Crippen LogP contribution in [0.1, 0.15) is 11.6 Å². The van der Waals surface area contributed by atoms with Crippen molar-refractivity contribution in [3.8, 4) is 0 Å². The summed E-state index contributed by atoms with van der Waals surface area (Å²) in [7, 11) is 0. The van der Waals surface area contributed by atoms with E-state index in [1.54, 1.807) is 0 Å². The lowest BCUT2D eigenvalue weighted by Crippen LogP contribution is -2.46. The molecule has 0 radical (unpaired) electrons. The molecule has 1 aromatic carbocycles. The second kappa shape index (κ2) is 5.77. The molecule has 1 heterocycles. The number of benzene rings is 1. The second-order valence-corrected chi connectivity index (χ2v) is 5.01. The molecule has 0 spiro atoms. The Balaban J connectivity index is 2.14. The number of hydrogen-bond donors (Lipinski definition) is 2. The summed E-state index contributed by atoms with van der Waals surface area (Å²) in [6, 6.07) is 8.79. The fourth-order valence-corrected chi connectivity index (χ4v) is 2.62. The van der Waals surface area contributed by atoms with Gasteiger partial charge in [-0.05, 0) is 17.7 Å². The topological polar surface area (TPSA) is 41.3 Å². The van der Waals surface area contributed by atoms with E-state index in [0.717, 1.165) is 30.7 Å². The third-order valence-corrected chi connectivity index (χ3v) is 3.54. The summed E-state index contributed by atoms with van der Waals surface area (Å²) in [5.74, 6) is 0. The number of hydrogen-bond acceptors (Lipinski definition) is 3. The maximum atomic E-state index is 5.91. The van der Waals surface area contributed by atoms with Crippen LogP contribution in [0.5, 0.6) is 0 Å². The Labute approximate surface area is 105 Å². The maximum Gasteiger partial charge on any atom is 0.0471 e. The molecule has 1 unspecified atom stereocenters. The van der Waals surface area contributed by atoms with Crippen LogP contribution in [0.25, 0.3) is 0 Å². The molecule has 0 aromatic heterocycles. The average Bonchev–Trinajstić information content (AvgIpc) is 2.31. The fourth-order valence-electron chi connectivity index (χ4n) is 2.20. The highest BCUT2D eigenvalue weighted by atomic mass is 79.9. The molecule has 1 aromatic rings. The van der Waals surface area contributed by atoms with Gasteiger partial charge in [0, 0.05) is 43.2 Å². The monoisotopic (exact) mass is 283 g/mol. The molecule has 0 bridgehead atoms. The molecule has 0 aliphatic carbocycles. The Morgan fingerprint density at radius 3 is 2.75 bits per heavy atom. The Morgan fingerprint density at radius 2 is 2.12 bits per heavy atom. The smallest absolute Gasteiger partial charge is 0.0471 e. The number of rotatable bonds is 3. The highest BCUT2D eigenvalue weighted by Gasteiger charge is 2.20. The van der Waals surface area contributed by atoms with Crippen LogP contribution in [-0.2, 0) is 0 Å². The first-order valence-electron chi connectivity index (χ1n) is 5.71. The van der Waals surface area contributed by atoms with Crippen LogP contribution >= 0.6 is 15.9 Å². The molecular formula is C12H18BrN3. The van der Waals surface area contributed by atoms with E-state index in [0.29, 0.717) is 12.6 Å². The molecule has 0 saturated carbocycles. The molecule has 3 N–H and O–H groups in total. The van der Waals surface area contributed by atoms with Crippen LogP contribution in [0.2, 0.25) is 0 Å². The summed E-state index contributed by atoms with van der Waals surface area (Å²) >= 11 is 3.51. The lowest BCUT2D eigenvalue weighted by atomic mass is 10.0. The van der Waals surface area contributed by atoms with E-state index in [-0.39, 0.29) is 0 Å². The second-order valence-electron chi connectivity index (χ2n) is 4.09. The normalized spacial score (nSPS) is 19.6. The largest absolute Gasteiger partial charge is 0.329 e. The summed E-state index contributed by atoms with van der Waals surface area (Å²) in [6.45, 7) is 4.95. The molecule has 16 heavy (non-hydrogen) atoms. The zero-order chi connectivity index (χ0) is 11.4. The van der Waals surface area contributed by atoms with Gasteiger partial charge in [0.2, 0.25) is 0 Å². The first-order valence-corrected chi connectivity index (χ1v) is 6.51. The number of piperazine rings is 1. The summed E-state index contributed by atoms with van der Waals surface area (Å²) in [4.78, 5) is 2.46. The quantitative estimate of drug-likeness (QED) is 0.880. The van der Waals surface area contributed by atoms with Crippen molar-refractivity contribution in [2.24, 2.45) is 5.73 Å². The first-order chi connectivity index (χ1) is 7.81. The van der Waals surface area contributed by atoms with Crippen molar-refractivity contribution < 1.29 is 0 Å². The third kappa shape index (κ3) is 2.83. The molecule has 1 aliphatic rings. The van der Waals surface area contributed by atoms with Gasteiger partial charge >= 0.3 is 0 Å². The Morgan fingerprint density at radius 1 is 1.38 bits per heavy atom. The summed E-state index contributed by atoms with van der Waals surface area (Å²) < 4.78 is 1.12. The summed E-state index contributed by atoms with van der Waals surface area (Å²) in [5, 5.41) is 3.36. The molecule has 88 valence electrons. The molecular weight excluding hydrogens is 266 g/mol. The Hall–Kier alpha value is -0.420. The maximum absolute atomic E-state index is 5.91. The van der Waals surface area contributed by atoms with Gasteiger partial charge in [-0.25, -0.2) is 0 Å². The van der Waals surface area contributed by atoms with Crippen molar-refractivity contribution in [3.05, 3.63) is 34.3 Å². The standard InChI is InChI=1S/C12H18BrN3/c13-11-3-1-2-10(8-11)12(9-14)16-6-4-15-5-7-16/h1-3,8,12,15H,4-7,9,14H2. The van der Waals surface area contributed by atoms with Gasteiger partial charge in [0.25, 0.3) is 0 Å². The molecule has 1 aliphatic heterocycles. The van der Waals surface area contributed by atoms with Gasteiger partial charge in [0.05, 0.1) is 0 Å². The van der Waals surface area contributed by atoms with E-state index in [1.165, 1.54) is 5.56 Å². The van der Waals surface area contributed by atoms with Crippen molar-refractivity contribution >= 4 is 15.9 Å². The Kier molecular flexibility index (Phi) is 4.35. The molecule has 1 atom stereocenters. The van der Waals surface area contributed by atoms with Crippen molar-refractivity contribution in [1.29, 1.82) is 0 Å². The van der Waals surface area contributed by atoms with Crippen LogP contribution in [-0.4, -0.2) is 37.6 Å². The molecule has 4 heteroatoms. The Bertz CT molecular complexity index is 337. The van der Waals surface area contributed by atoms with E-state index < -0.39 is 0 Å². The lowest BCUT2D eigenvalue weighted by molar-refractivity contribution is 0.178. The first kappa shape index (κ1) is 12.0. The SMILES string of the molecule is NCC(c1cccc(Br)c1)N1CCNCC1. The number of nitrogens with zero attached hydrogens (tertiary/aromatic N) is 1. The molecule has 0 amide bonds. The summed E-state index contributed by atoms with van der Waals surface area (Å²) in [5.41, 5.74) is 7.21. The highest BCUT2D eigenvalue weighted by Crippen LogP contribution is 2.22. The fraction of sp³-hybridized carbons (Fsp3) is 0.500. The summed E-state index contributed by atoms with van der Waals surface area (Å²) in [6.07, 6.45) is 0. The van der Waals surface area contributed by atoms with Crippen LogP contribution in [0.15, 0.2) is 28.7 Å². The number of halogens is 1. The van der Waals surface area contributed by atoms with Crippen molar-refractivity contribution in [3.63, 3.8) is 0 Å². The van der Waals surface area contributed by atoms with Crippen molar-refractivity contribution in [2.75, 3.05) is 32.7 Å². The zero-order valence-corrected chi connectivity index (χ0v) is 10.9. The van der Waals surface area contributed by atoms with E-state index in [2.05, 4.69) is 50.4 Å². The van der Waals surface area contributed by atoms with Gasteiger partial charge in [0.1, 0.15) is 0 Å². The van der Waals surface area contributed by atoms with Gasteiger partial charge in [-0.15, -0.1) is 0 Å². The van der Waals surface area contributed by atoms with E-state index in [9.17, 15) is 0 Å². The van der Waals surface area contributed by atoms with Crippen LogP contribution in [0, 0.1) is 0 Å². The van der Waals surface area contributed by atoms with Gasteiger partial charge in [-0.2, -0.15) is 0 Å². The lowest BCUT2D eigenvalue weighted by Gasteiger charge is -2.34. The van der Waals surface area contributed by atoms with Gasteiger partial charge in [0.15, 0.2) is 0 Å². The number of nitrogens with one attached hydrogen (secondary N) is 1. The minimum Gasteiger partial charge on any atom is -0.329 e. The predicted molar refractivity (Wildman–Crippen MR) is 70.4 cm³/mol. The zero-order valence-electron chi connectivity index (χ0n) is 9.32. The average molecular weight is 284 g/mol. The van der Waals surface area contributed by atoms with Gasteiger partial charge in [-0.1, -0.05) is 28.1 Å². The predicted octanol–water partition coefficient (Wildman–Crippen LogP) is 1.35. The van der Waals surface area contributed by atoms with Gasteiger partial charge < -0.3 is 11.1 Å².